The summed E-state index contributed by atoms with van der Waals surface area (Å²) in [7, 11) is 0. The van der Waals surface area contributed by atoms with Gasteiger partial charge in [0.1, 0.15) is 0 Å². The third kappa shape index (κ3) is 2.75. The molecule has 1 fully saturated rings. The Morgan fingerprint density at radius 3 is 2.65 bits per heavy atom. The molecule has 1 aliphatic rings. The number of rotatable bonds is 3. The van der Waals surface area contributed by atoms with Crippen molar-refractivity contribution in [3.05, 3.63) is 54.9 Å². The molecular weight excluding hydrogens is 344 g/mol. The zero-order valence-corrected chi connectivity index (χ0v) is 15.1. The van der Waals surface area contributed by atoms with Crippen molar-refractivity contribution < 1.29 is 5.11 Å². The first kappa shape index (κ1) is 15.8. The van der Waals surface area contributed by atoms with Crippen molar-refractivity contribution in [2.75, 3.05) is 4.90 Å². The van der Waals surface area contributed by atoms with E-state index in [1.54, 1.807) is 17.5 Å². The van der Waals surface area contributed by atoms with Crippen LogP contribution >= 0.6 is 11.3 Å². The van der Waals surface area contributed by atoms with E-state index in [0.717, 1.165) is 41.5 Å². The van der Waals surface area contributed by atoms with Crippen LogP contribution in [-0.4, -0.2) is 31.9 Å². The summed E-state index contributed by atoms with van der Waals surface area (Å²) >= 11 is 1.61. The fraction of sp³-hybridized carbons (Fsp3) is 0.300. The van der Waals surface area contributed by atoms with E-state index in [2.05, 4.69) is 52.3 Å². The van der Waals surface area contributed by atoms with Crippen LogP contribution in [0.5, 0.6) is 0 Å². The summed E-state index contributed by atoms with van der Waals surface area (Å²) in [5.74, 6) is 0. The van der Waals surface area contributed by atoms with E-state index >= 15 is 0 Å². The Hall–Kier alpha value is -2.44. The van der Waals surface area contributed by atoms with Crippen LogP contribution in [-0.2, 0) is 0 Å². The maximum atomic E-state index is 9.93. The summed E-state index contributed by atoms with van der Waals surface area (Å²) in [4.78, 5) is 7.62. The summed E-state index contributed by atoms with van der Waals surface area (Å²) in [5, 5.41) is 18.1. The smallest absolute Gasteiger partial charge is 0.213 e. The molecule has 2 aromatic carbocycles. The minimum atomic E-state index is -0.168. The van der Waals surface area contributed by atoms with Gasteiger partial charge in [0.05, 0.1) is 12.3 Å². The molecule has 1 N–H and O–H groups in total. The van der Waals surface area contributed by atoms with Crippen LogP contribution in [0, 0.1) is 0 Å². The SMILES string of the molecule is OC1CCC(N(c2ccc3ccccc3c2)c2nn3ccnc3s2)CC1. The number of aromatic nitrogens is 3. The standard InChI is InChI=1S/C20H20N4OS/c25-18-9-7-16(8-10-18)24(20-22-23-12-11-21-19(23)26-20)17-6-5-14-3-1-2-4-15(14)13-17/h1-6,11-13,16,18,25H,7-10H2. The highest BCUT2D eigenvalue weighted by Gasteiger charge is 2.28. The highest BCUT2D eigenvalue weighted by Crippen LogP contribution is 2.37. The minimum absolute atomic E-state index is 0.168. The molecule has 0 saturated heterocycles. The molecule has 5 nitrogen and oxygen atoms in total. The number of imidazole rings is 1. The number of nitrogens with zero attached hydrogens (tertiary/aromatic N) is 4. The molecule has 2 aromatic heterocycles. The maximum Gasteiger partial charge on any atom is 0.213 e. The van der Waals surface area contributed by atoms with Gasteiger partial charge in [-0.3, -0.25) is 0 Å². The quantitative estimate of drug-likeness (QED) is 0.586. The Labute approximate surface area is 155 Å². The molecule has 0 unspecified atom stereocenters. The van der Waals surface area contributed by atoms with Crippen LogP contribution in [0.2, 0.25) is 0 Å². The molecule has 4 aromatic rings. The van der Waals surface area contributed by atoms with Crippen molar-refractivity contribution >= 4 is 37.9 Å². The van der Waals surface area contributed by atoms with E-state index in [-0.39, 0.29) is 6.10 Å². The van der Waals surface area contributed by atoms with Gasteiger partial charge in [-0.05, 0) is 48.6 Å². The summed E-state index contributed by atoms with van der Waals surface area (Å²) in [6, 6.07) is 15.4. The van der Waals surface area contributed by atoms with Gasteiger partial charge in [0.25, 0.3) is 0 Å². The second kappa shape index (κ2) is 6.37. The summed E-state index contributed by atoms with van der Waals surface area (Å²) in [6.07, 6.45) is 7.12. The highest BCUT2D eigenvalue weighted by molar-refractivity contribution is 7.20. The zero-order valence-electron chi connectivity index (χ0n) is 14.3. The Morgan fingerprint density at radius 1 is 1.04 bits per heavy atom. The number of aliphatic hydroxyl groups excluding tert-OH is 1. The van der Waals surface area contributed by atoms with E-state index in [0.29, 0.717) is 6.04 Å². The van der Waals surface area contributed by atoms with Gasteiger partial charge in [-0.1, -0.05) is 41.7 Å². The molecule has 6 heteroatoms. The predicted octanol–water partition coefficient (Wildman–Crippen LogP) is 4.39. The number of fused-ring (bicyclic) bond motifs is 2. The van der Waals surface area contributed by atoms with Gasteiger partial charge in [0, 0.05) is 17.9 Å². The second-order valence-corrected chi connectivity index (χ2v) is 7.84. The van der Waals surface area contributed by atoms with E-state index < -0.39 is 0 Å². The van der Waals surface area contributed by atoms with E-state index in [1.807, 2.05) is 10.7 Å². The molecule has 132 valence electrons. The number of benzene rings is 2. The highest BCUT2D eigenvalue weighted by atomic mass is 32.1. The number of hydrogen-bond acceptors (Lipinski definition) is 5. The molecule has 0 radical (unpaired) electrons. The Bertz CT molecular complexity index is 1020. The van der Waals surface area contributed by atoms with Crippen LogP contribution in [0.25, 0.3) is 15.7 Å². The molecule has 26 heavy (non-hydrogen) atoms. The van der Waals surface area contributed by atoms with Crippen molar-refractivity contribution in [3.8, 4) is 0 Å². The van der Waals surface area contributed by atoms with Crippen molar-refractivity contribution in [3.63, 3.8) is 0 Å². The largest absolute Gasteiger partial charge is 0.393 e. The minimum Gasteiger partial charge on any atom is -0.393 e. The normalized spacial score (nSPS) is 20.7. The number of anilines is 2. The van der Waals surface area contributed by atoms with E-state index in [9.17, 15) is 5.11 Å². The van der Waals surface area contributed by atoms with Crippen LogP contribution in [0.15, 0.2) is 54.9 Å². The van der Waals surface area contributed by atoms with Crippen molar-refractivity contribution in [1.82, 2.24) is 14.6 Å². The van der Waals surface area contributed by atoms with Gasteiger partial charge in [0.15, 0.2) is 0 Å². The summed E-state index contributed by atoms with van der Waals surface area (Å²) in [5.41, 5.74) is 1.15. The monoisotopic (exact) mass is 364 g/mol. The summed E-state index contributed by atoms with van der Waals surface area (Å²) in [6.45, 7) is 0. The molecule has 0 amide bonds. The first-order valence-electron chi connectivity index (χ1n) is 9.04. The zero-order chi connectivity index (χ0) is 17.5. The average Bonchev–Trinajstić information content (AvgIpc) is 3.25. The lowest BCUT2D eigenvalue weighted by Crippen LogP contribution is -2.36. The van der Waals surface area contributed by atoms with Crippen LogP contribution in [0.3, 0.4) is 0 Å². The molecule has 0 atom stereocenters. The summed E-state index contributed by atoms with van der Waals surface area (Å²) < 4.78 is 1.84. The third-order valence-corrected chi connectivity index (χ3v) is 6.15. The number of aliphatic hydroxyl groups is 1. The van der Waals surface area contributed by atoms with E-state index in [4.69, 9.17) is 5.10 Å². The Balaban J connectivity index is 1.60. The number of hydrogen-bond donors (Lipinski definition) is 1. The van der Waals surface area contributed by atoms with Crippen molar-refractivity contribution in [2.24, 2.45) is 0 Å². The van der Waals surface area contributed by atoms with Crippen LogP contribution in [0.1, 0.15) is 25.7 Å². The molecule has 0 spiro atoms. The Morgan fingerprint density at radius 2 is 1.85 bits per heavy atom. The third-order valence-electron chi connectivity index (χ3n) is 5.21. The first-order valence-corrected chi connectivity index (χ1v) is 9.86. The van der Waals surface area contributed by atoms with Crippen LogP contribution in [0.4, 0.5) is 10.8 Å². The van der Waals surface area contributed by atoms with Gasteiger partial charge in [-0.15, -0.1) is 5.10 Å². The van der Waals surface area contributed by atoms with Gasteiger partial charge in [-0.25, -0.2) is 9.50 Å². The lowest BCUT2D eigenvalue weighted by atomic mass is 9.92. The van der Waals surface area contributed by atoms with Crippen molar-refractivity contribution in [1.29, 1.82) is 0 Å². The lowest BCUT2D eigenvalue weighted by Gasteiger charge is -2.35. The fourth-order valence-electron chi connectivity index (χ4n) is 3.84. The molecular formula is C20H20N4OS. The van der Waals surface area contributed by atoms with E-state index in [1.165, 1.54) is 10.8 Å². The first-order chi connectivity index (χ1) is 12.8. The molecule has 1 aliphatic carbocycles. The molecule has 0 bridgehead atoms. The molecule has 5 rings (SSSR count). The van der Waals surface area contributed by atoms with Crippen LogP contribution < -0.4 is 4.90 Å². The molecule has 0 aliphatic heterocycles. The Kier molecular flexibility index (Phi) is 3.87. The predicted molar refractivity (Wildman–Crippen MR) is 105 cm³/mol. The average molecular weight is 364 g/mol. The molecule has 2 heterocycles. The van der Waals surface area contributed by atoms with Gasteiger partial charge >= 0.3 is 0 Å². The second-order valence-electron chi connectivity index (χ2n) is 6.90. The van der Waals surface area contributed by atoms with Gasteiger partial charge in [0.2, 0.25) is 10.1 Å². The fourth-order valence-corrected chi connectivity index (χ4v) is 4.80. The van der Waals surface area contributed by atoms with Gasteiger partial charge < -0.3 is 10.0 Å². The van der Waals surface area contributed by atoms with Crippen molar-refractivity contribution in [2.45, 2.75) is 37.8 Å². The topological polar surface area (TPSA) is 53.7 Å². The van der Waals surface area contributed by atoms with Gasteiger partial charge in [-0.2, -0.15) is 0 Å². The molecule has 1 saturated carbocycles. The maximum absolute atomic E-state index is 9.93. The lowest BCUT2D eigenvalue weighted by molar-refractivity contribution is 0.123.